The molecule has 4 rings (SSSR count). The number of hydrogen-bond donors (Lipinski definition) is 1. The highest BCUT2D eigenvalue weighted by Gasteiger charge is 2.34. The molecule has 2 aromatic carbocycles. The van der Waals surface area contributed by atoms with E-state index >= 15 is 0 Å². The maximum Gasteiger partial charge on any atom is 0.231 e. The Morgan fingerprint density at radius 3 is 2.88 bits per heavy atom. The number of nitrogens with one attached hydrogen (secondary N) is 1. The van der Waals surface area contributed by atoms with E-state index in [0.717, 1.165) is 31.1 Å². The quantitative estimate of drug-likeness (QED) is 0.675. The van der Waals surface area contributed by atoms with Crippen molar-refractivity contribution in [3.8, 4) is 0 Å². The van der Waals surface area contributed by atoms with Gasteiger partial charge in [0.25, 0.3) is 0 Å². The van der Waals surface area contributed by atoms with E-state index in [1.165, 1.54) is 23.5 Å². The molecule has 2 heterocycles. The Kier molecular flexibility index (Phi) is 4.21. The van der Waals surface area contributed by atoms with Crippen LogP contribution in [0.4, 0.5) is 15.2 Å². The van der Waals surface area contributed by atoms with Crippen LogP contribution in [0.25, 0.3) is 10.2 Å². The zero-order valence-electron chi connectivity index (χ0n) is 13.4. The van der Waals surface area contributed by atoms with Gasteiger partial charge >= 0.3 is 0 Å². The van der Waals surface area contributed by atoms with Crippen LogP contribution in [0.15, 0.2) is 40.9 Å². The smallest absolute Gasteiger partial charge is 0.231 e. The van der Waals surface area contributed by atoms with Crippen molar-refractivity contribution in [3.63, 3.8) is 0 Å². The molecule has 0 spiro atoms. The lowest BCUT2D eigenvalue weighted by atomic mass is 10.00. The van der Waals surface area contributed by atoms with E-state index in [0.29, 0.717) is 13.1 Å². The number of nitrogens with zero attached hydrogens (tertiary/aromatic N) is 2. The van der Waals surface area contributed by atoms with Crippen molar-refractivity contribution in [1.82, 2.24) is 4.98 Å². The molecule has 25 heavy (non-hydrogen) atoms. The zero-order valence-corrected chi connectivity index (χ0v) is 15.8. The predicted molar refractivity (Wildman–Crippen MR) is 103 cm³/mol. The number of aromatic nitrogens is 1. The van der Waals surface area contributed by atoms with Gasteiger partial charge in [-0.05, 0) is 48.9 Å². The van der Waals surface area contributed by atoms with E-state index < -0.39 is 0 Å². The van der Waals surface area contributed by atoms with Crippen LogP contribution in [-0.4, -0.2) is 24.0 Å². The number of rotatable bonds is 3. The van der Waals surface area contributed by atoms with Crippen LogP contribution in [0.1, 0.15) is 5.56 Å². The number of carbonyl (C=O) groups excluding carboxylic acids is 1. The van der Waals surface area contributed by atoms with Crippen LogP contribution in [0.5, 0.6) is 0 Å². The van der Waals surface area contributed by atoms with Gasteiger partial charge in [-0.3, -0.25) is 4.79 Å². The third-order valence-corrected chi connectivity index (χ3v) is 5.88. The minimum atomic E-state index is -0.256. The molecule has 0 radical (unpaired) electrons. The fraction of sp³-hybridized carbons (Fsp3) is 0.222. The number of hydrogen-bond acceptors (Lipinski definition) is 4. The number of aryl methyl sites for hydroxylation is 1. The summed E-state index contributed by atoms with van der Waals surface area (Å²) in [6.07, 6.45) is 0. The highest BCUT2D eigenvalue weighted by Crippen LogP contribution is 2.33. The lowest BCUT2D eigenvalue weighted by Crippen LogP contribution is -2.52. The molecular weight excluding hydrogens is 405 g/mol. The van der Waals surface area contributed by atoms with Crippen molar-refractivity contribution < 1.29 is 9.18 Å². The molecule has 0 aliphatic carbocycles. The third-order valence-electron chi connectivity index (χ3n) is 4.31. The molecule has 128 valence electrons. The first-order valence-electron chi connectivity index (χ1n) is 7.87. The molecule has 0 atom stereocenters. The molecule has 3 aromatic rings. The van der Waals surface area contributed by atoms with Gasteiger partial charge < -0.3 is 10.2 Å². The summed E-state index contributed by atoms with van der Waals surface area (Å²) in [7, 11) is 0. The van der Waals surface area contributed by atoms with Gasteiger partial charge in [0.1, 0.15) is 5.82 Å². The lowest BCUT2D eigenvalue weighted by molar-refractivity contribution is -0.120. The Bertz CT molecular complexity index is 968. The summed E-state index contributed by atoms with van der Waals surface area (Å²) >= 11 is 4.88. The average Bonchev–Trinajstić information content (AvgIpc) is 2.91. The molecular formula is C18H15BrFN3OS. The van der Waals surface area contributed by atoms with E-state index in [-0.39, 0.29) is 17.6 Å². The van der Waals surface area contributed by atoms with Crippen molar-refractivity contribution in [3.05, 3.63) is 52.3 Å². The lowest BCUT2D eigenvalue weighted by Gasteiger charge is -2.38. The average molecular weight is 420 g/mol. The highest BCUT2D eigenvalue weighted by molar-refractivity contribution is 9.10. The Balaban J connectivity index is 1.41. The Labute approximate surface area is 156 Å². The van der Waals surface area contributed by atoms with Gasteiger partial charge in [-0.25, -0.2) is 9.37 Å². The summed E-state index contributed by atoms with van der Waals surface area (Å²) in [5, 5.41) is 3.83. The largest absolute Gasteiger partial charge is 0.346 e. The van der Waals surface area contributed by atoms with Crippen molar-refractivity contribution in [1.29, 1.82) is 0 Å². The van der Waals surface area contributed by atoms with Crippen LogP contribution < -0.4 is 10.2 Å². The molecule has 1 N–H and O–H groups in total. The number of anilines is 2. The first-order chi connectivity index (χ1) is 12.0. The van der Waals surface area contributed by atoms with Gasteiger partial charge in [-0.15, -0.1) is 0 Å². The van der Waals surface area contributed by atoms with Gasteiger partial charge in [0.05, 0.1) is 16.1 Å². The minimum Gasteiger partial charge on any atom is -0.346 e. The highest BCUT2D eigenvalue weighted by atomic mass is 79.9. The van der Waals surface area contributed by atoms with E-state index in [4.69, 9.17) is 0 Å². The summed E-state index contributed by atoms with van der Waals surface area (Å²) in [6.45, 7) is 3.22. The van der Waals surface area contributed by atoms with E-state index in [9.17, 15) is 9.18 Å². The number of halogens is 2. The number of benzene rings is 2. The van der Waals surface area contributed by atoms with Gasteiger partial charge in [-0.2, -0.15) is 0 Å². The summed E-state index contributed by atoms with van der Waals surface area (Å²) in [5.41, 5.74) is 2.65. The Morgan fingerprint density at radius 1 is 1.32 bits per heavy atom. The minimum absolute atomic E-state index is 0.0221. The van der Waals surface area contributed by atoms with Crippen molar-refractivity contribution >= 4 is 54.2 Å². The van der Waals surface area contributed by atoms with Gasteiger partial charge in [0.2, 0.25) is 5.91 Å². The summed E-state index contributed by atoms with van der Waals surface area (Å²) in [6, 6.07) is 10.4. The second kappa shape index (κ2) is 6.38. The first-order valence-corrected chi connectivity index (χ1v) is 9.48. The van der Waals surface area contributed by atoms with E-state index in [1.54, 1.807) is 6.07 Å². The molecule has 1 aliphatic rings. The zero-order chi connectivity index (χ0) is 17.6. The molecule has 4 nitrogen and oxygen atoms in total. The molecule has 0 saturated carbocycles. The van der Waals surface area contributed by atoms with Gasteiger partial charge in [-0.1, -0.05) is 27.3 Å². The molecule has 1 aliphatic heterocycles. The number of fused-ring (bicyclic) bond motifs is 1. The fourth-order valence-electron chi connectivity index (χ4n) is 2.82. The normalized spacial score (nSPS) is 14.6. The van der Waals surface area contributed by atoms with Crippen LogP contribution in [0, 0.1) is 18.7 Å². The number of amides is 1. The van der Waals surface area contributed by atoms with Crippen molar-refractivity contribution in [2.24, 2.45) is 5.92 Å². The van der Waals surface area contributed by atoms with Crippen molar-refractivity contribution in [2.75, 3.05) is 23.3 Å². The Morgan fingerprint density at radius 2 is 2.12 bits per heavy atom. The SMILES string of the molecule is Cc1cc(Br)ccc1NC(=O)C1CN(c2nc3ccc(F)cc3s2)C1. The van der Waals surface area contributed by atoms with E-state index in [2.05, 4.69) is 31.1 Å². The van der Waals surface area contributed by atoms with Gasteiger partial charge in [0, 0.05) is 23.2 Å². The second-order valence-electron chi connectivity index (χ2n) is 6.16. The standard InChI is InChI=1S/C18H15BrFN3OS/c1-10-6-12(19)2-4-14(10)21-17(24)11-8-23(9-11)18-22-15-5-3-13(20)7-16(15)25-18/h2-7,11H,8-9H2,1H3,(H,21,24). The Hall–Kier alpha value is -1.99. The van der Waals surface area contributed by atoms with Crippen LogP contribution >= 0.6 is 27.3 Å². The van der Waals surface area contributed by atoms with Crippen LogP contribution in [0.2, 0.25) is 0 Å². The maximum absolute atomic E-state index is 13.3. The van der Waals surface area contributed by atoms with E-state index in [1.807, 2.05) is 25.1 Å². The van der Waals surface area contributed by atoms with Crippen LogP contribution in [-0.2, 0) is 4.79 Å². The molecule has 1 saturated heterocycles. The summed E-state index contributed by atoms with van der Waals surface area (Å²) < 4.78 is 15.1. The third kappa shape index (κ3) is 3.26. The molecule has 7 heteroatoms. The van der Waals surface area contributed by atoms with Crippen LogP contribution in [0.3, 0.4) is 0 Å². The monoisotopic (exact) mass is 419 g/mol. The second-order valence-corrected chi connectivity index (χ2v) is 8.08. The summed E-state index contributed by atoms with van der Waals surface area (Å²) in [5.74, 6) is -0.297. The predicted octanol–water partition coefficient (Wildman–Crippen LogP) is 4.58. The number of carbonyl (C=O) groups is 1. The molecule has 1 amide bonds. The van der Waals surface area contributed by atoms with Gasteiger partial charge in [0.15, 0.2) is 5.13 Å². The molecule has 1 fully saturated rings. The first kappa shape index (κ1) is 16.5. The fourth-order valence-corrected chi connectivity index (χ4v) is 4.31. The maximum atomic E-state index is 13.3. The molecule has 1 aromatic heterocycles. The molecule has 0 unspecified atom stereocenters. The topological polar surface area (TPSA) is 45.2 Å². The summed E-state index contributed by atoms with van der Waals surface area (Å²) in [4.78, 5) is 19.0. The number of thiazole rings is 1. The molecule has 0 bridgehead atoms. The van der Waals surface area contributed by atoms with Crippen molar-refractivity contribution in [2.45, 2.75) is 6.92 Å².